The Labute approximate surface area is 125 Å². The van der Waals surface area contributed by atoms with E-state index in [0.717, 1.165) is 12.8 Å². The summed E-state index contributed by atoms with van der Waals surface area (Å²) in [7, 11) is -0.688. The topological polar surface area (TPSA) is 76.1 Å². The number of aliphatic hydroxyl groups is 1. The van der Waals surface area contributed by atoms with Crippen LogP contribution in [0.5, 0.6) is 5.75 Å². The van der Waals surface area contributed by atoms with Gasteiger partial charge in [0.05, 0.1) is 20.3 Å². The molecule has 0 heterocycles. The van der Waals surface area contributed by atoms with Crippen LogP contribution in [0, 0.1) is 0 Å². The van der Waals surface area contributed by atoms with Crippen molar-refractivity contribution in [2.24, 2.45) is 0 Å². The fourth-order valence-electron chi connectivity index (χ4n) is 2.19. The van der Waals surface area contributed by atoms with Gasteiger partial charge in [0, 0.05) is 19.7 Å². The molecule has 6 nitrogen and oxygen atoms in total. The van der Waals surface area contributed by atoms with Gasteiger partial charge in [-0.15, -0.1) is 0 Å². The van der Waals surface area contributed by atoms with Crippen molar-refractivity contribution < 1.29 is 23.0 Å². The molecule has 0 bridgehead atoms. The van der Waals surface area contributed by atoms with E-state index in [1.807, 2.05) is 0 Å². The van der Waals surface area contributed by atoms with Gasteiger partial charge in [-0.2, -0.15) is 4.31 Å². The third-order valence-electron chi connectivity index (χ3n) is 3.47. The third-order valence-corrected chi connectivity index (χ3v) is 5.44. The first-order valence-electron chi connectivity index (χ1n) is 6.83. The lowest BCUT2D eigenvalue weighted by molar-refractivity contribution is 0.177. The molecule has 0 aromatic heterocycles. The molecular formula is C14H21NO5S. The van der Waals surface area contributed by atoms with Crippen LogP contribution in [0.15, 0.2) is 23.1 Å². The van der Waals surface area contributed by atoms with Gasteiger partial charge in [-0.25, -0.2) is 8.42 Å². The Morgan fingerprint density at radius 2 is 2.05 bits per heavy atom. The Balaban J connectivity index is 2.40. The molecule has 2 rings (SSSR count). The molecule has 1 aliphatic carbocycles. The van der Waals surface area contributed by atoms with E-state index < -0.39 is 10.0 Å². The molecule has 1 saturated carbocycles. The molecule has 7 heteroatoms. The summed E-state index contributed by atoms with van der Waals surface area (Å²) in [6.07, 6.45) is 1.73. The van der Waals surface area contributed by atoms with Gasteiger partial charge in [0.2, 0.25) is 10.0 Å². The van der Waals surface area contributed by atoms with Crippen LogP contribution in [0.25, 0.3) is 0 Å². The fraction of sp³-hybridized carbons (Fsp3) is 0.571. The lowest BCUT2D eigenvalue weighted by Crippen LogP contribution is -2.36. The number of rotatable bonds is 8. The molecule has 21 heavy (non-hydrogen) atoms. The predicted octanol–water partition coefficient (Wildman–Crippen LogP) is 0.987. The summed E-state index contributed by atoms with van der Waals surface area (Å²) in [5, 5.41) is 9.22. The first-order chi connectivity index (χ1) is 10.0. The normalized spacial score (nSPS) is 15.4. The van der Waals surface area contributed by atoms with E-state index >= 15 is 0 Å². The maximum Gasteiger partial charge on any atom is 0.247 e. The van der Waals surface area contributed by atoms with Gasteiger partial charge in [0.15, 0.2) is 0 Å². The Morgan fingerprint density at radius 1 is 1.33 bits per heavy atom. The smallest absolute Gasteiger partial charge is 0.247 e. The second kappa shape index (κ2) is 6.74. The van der Waals surface area contributed by atoms with Crippen LogP contribution < -0.4 is 4.74 Å². The highest BCUT2D eigenvalue weighted by atomic mass is 32.2. The minimum atomic E-state index is -3.67. The first kappa shape index (κ1) is 16.2. The van der Waals surface area contributed by atoms with Gasteiger partial charge < -0.3 is 14.6 Å². The lowest BCUT2D eigenvalue weighted by atomic mass is 10.2. The Bertz CT molecular complexity index is 583. The predicted molar refractivity (Wildman–Crippen MR) is 77.7 cm³/mol. The monoisotopic (exact) mass is 315 g/mol. The van der Waals surface area contributed by atoms with Crippen molar-refractivity contribution >= 4 is 10.0 Å². The number of methoxy groups -OCH3 is 2. The van der Waals surface area contributed by atoms with Crippen molar-refractivity contribution in [1.82, 2.24) is 4.31 Å². The van der Waals surface area contributed by atoms with Crippen LogP contribution >= 0.6 is 0 Å². The zero-order valence-electron chi connectivity index (χ0n) is 12.3. The van der Waals surface area contributed by atoms with Crippen molar-refractivity contribution in [3.63, 3.8) is 0 Å². The van der Waals surface area contributed by atoms with Crippen LogP contribution in [0.1, 0.15) is 18.4 Å². The van der Waals surface area contributed by atoms with E-state index in [2.05, 4.69) is 0 Å². The molecule has 1 fully saturated rings. The molecule has 0 radical (unpaired) electrons. The molecule has 0 aliphatic heterocycles. The minimum Gasteiger partial charge on any atom is -0.495 e. The van der Waals surface area contributed by atoms with Crippen molar-refractivity contribution in [3.05, 3.63) is 23.8 Å². The number of aliphatic hydroxyl groups excluding tert-OH is 1. The van der Waals surface area contributed by atoms with Gasteiger partial charge in [-0.1, -0.05) is 6.07 Å². The number of benzene rings is 1. The number of sulfonamides is 1. The van der Waals surface area contributed by atoms with Crippen LogP contribution in [-0.2, 0) is 21.4 Å². The second-order valence-corrected chi connectivity index (χ2v) is 6.84. The molecule has 0 spiro atoms. The Kier molecular flexibility index (Phi) is 5.21. The fourth-order valence-corrected chi connectivity index (χ4v) is 4.07. The minimum absolute atomic E-state index is 0.0349. The zero-order chi connectivity index (χ0) is 15.5. The molecule has 1 aliphatic rings. The first-order valence-corrected chi connectivity index (χ1v) is 8.27. The summed E-state index contributed by atoms with van der Waals surface area (Å²) in [4.78, 5) is 0.0968. The van der Waals surface area contributed by atoms with E-state index in [0.29, 0.717) is 18.7 Å². The van der Waals surface area contributed by atoms with E-state index in [-0.39, 0.29) is 23.3 Å². The van der Waals surface area contributed by atoms with Gasteiger partial charge in [-0.3, -0.25) is 0 Å². The maximum absolute atomic E-state index is 12.9. The number of hydrogen-bond acceptors (Lipinski definition) is 5. The average molecular weight is 315 g/mol. The molecule has 0 amide bonds. The van der Waals surface area contributed by atoms with E-state index in [4.69, 9.17) is 9.47 Å². The number of hydrogen-bond donors (Lipinski definition) is 1. The summed E-state index contributed by atoms with van der Waals surface area (Å²) in [5.41, 5.74) is 0.539. The quantitative estimate of drug-likeness (QED) is 0.774. The molecule has 1 aromatic rings. The standard InChI is InChI=1S/C14H21NO5S/c1-19-8-7-15(12-4-5-12)21(17,18)14-9-11(10-16)3-6-13(14)20-2/h3,6,9,12,16H,4-5,7-8,10H2,1-2H3. The molecule has 1 N–H and O–H groups in total. The third kappa shape index (κ3) is 3.55. The van der Waals surface area contributed by atoms with Crippen molar-refractivity contribution in [2.75, 3.05) is 27.4 Å². The lowest BCUT2D eigenvalue weighted by Gasteiger charge is -2.23. The van der Waals surface area contributed by atoms with E-state index in [9.17, 15) is 13.5 Å². The van der Waals surface area contributed by atoms with Gasteiger partial charge in [0.25, 0.3) is 0 Å². The number of ether oxygens (including phenoxy) is 2. The summed E-state index contributed by atoms with van der Waals surface area (Å²) < 4.78 is 37.4. The van der Waals surface area contributed by atoms with Gasteiger partial charge in [0.1, 0.15) is 10.6 Å². The molecule has 0 atom stereocenters. The average Bonchev–Trinajstić information content (AvgIpc) is 3.31. The maximum atomic E-state index is 12.9. The van der Waals surface area contributed by atoms with Gasteiger partial charge >= 0.3 is 0 Å². The highest BCUT2D eigenvalue weighted by Crippen LogP contribution is 2.35. The molecule has 0 unspecified atom stereocenters. The van der Waals surface area contributed by atoms with Crippen LogP contribution in [0.4, 0.5) is 0 Å². The second-order valence-electron chi connectivity index (χ2n) is 4.98. The Hall–Kier alpha value is -1.15. The van der Waals surface area contributed by atoms with Gasteiger partial charge in [-0.05, 0) is 30.5 Å². The molecule has 1 aromatic carbocycles. The molecule has 118 valence electrons. The summed E-state index contributed by atoms with van der Waals surface area (Å²) >= 11 is 0. The zero-order valence-corrected chi connectivity index (χ0v) is 13.1. The van der Waals surface area contributed by atoms with E-state index in [1.165, 1.54) is 17.5 Å². The van der Waals surface area contributed by atoms with Crippen molar-refractivity contribution in [1.29, 1.82) is 0 Å². The van der Waals surface area contributed by atoms with Crippen molar-refractivity contribution in [2.45, 2.75) is 30.4 Å². The Morgan fingerprint density at radius 3 is 2.57 bits per heavy atom. The highest BCUT2D eigenvalue weighted by molar-refractivity contribution is 7.89. The highest BCUT2D eigenvalue weighted by Gasteiger charge is 2.39. The SMILES string of the molecule is COCCN(C1CC1)S(=O)(=O)c1cc(CO)ccc1OC. The molecular weight excluding hydrogens is 294 g/mol. The van der Waals surface area contributed by atoms with Crippen LogP contribution in [-0.4, -0.2) is 51.2 Å². The largest absolute Gasteiger partial charge is 0.495 e. The van der Waals surface area contributed by atoms with Crippen LogP contribution in [0.3, 0.4) is 0 Å². The summed E-state index contributed by atoms with van der Waals surface area (Å²) in [5.74, 6) is 0.287. The van der Waals surface area contributed by atoms with Crippen molar-refractivity contribution in [3.8, 4) is 5.75 Å². The summed E-state index contributed by atoms with van der Waals surface area (Å²) in [6, 6.07) is 4.72. The number of nitrogens with zero attached hydrogens (tertiary/aromatic N) is 1. The summed E-state index contributed by atoms with van der Waals surface area (Å²) in [6.45, 7) is 0.446. The van der Waals surface area contributed by atoms with Crippen LogP contribution in [0.2, 0.25) is 0 Å². The molecule has 0 saturated heterocycles. The van der Waals surface area contributed by atoms with E-state index in [1.54, 1.807) is 19.2 Å².